The molecule has 0 aliphatic rings. The molecule has 0 saturated heterocycles. The third-order valence-electron chi connectivity index (χ3n) is 4.16. The molecule has 0 fully saturated rings. The lowest BCUT2D eigenvalue weighted by atomic mass is 9.96. The van der Waals surface area contributed by atoms with Crippen molar-refractivity contribution >= 4 is 23.2 Å². The lowest BCUT2D eigenvalue weighted by Gasteiger charge is -2.08. The summed E-state index contributed by atoms with van der Waals surface area (Å²) in [5.74, 6) is -0.118. The number of phenolic OH excluding ortho intramolecular Hbond substituents is 1. The molecule has 4 aromatic rings. The first-order valence-electron chi connectivity index (χ1n) is 8.04. The Morgan fingerprint density at radius 2 is 1.52 bits per heavy atom. The summed E-state index contributed by atoms with van der Waals surface area (Å²) in [6.45, 7) is 0. The summed E-state index contributed by atoms with van der Waals surface area (Å²) in [6.07, 6.45) is 0. The minimum Gasteiger partial charge on any atom is -0.508 e. The summed E-state index contributed by atoms with van der Waals surface area (Å²) >= 11 is 12.6. The van der Waals surface area contributed by atoms with E-state index in [1.807, 2.05) is 6.07 Å². The van der Waals surface area contributed by atoms with Crippen LogP contribution >= 0.6 is 23.2 Å². The molecule has 0 radical (unpaired) electrons. The van der Waals surface area contributed by atoms with E-state index in [1.165, 1.54) is 18.2 Å². The zero-order chi connectivity index (χ0) is 19.0. The van der Waals surface area contributed by atoms with Crippen LogP contribution in [0.1, 0.15) is 0 Å². The highest BCUT2D eigenvalue weighted by Gasteiger charge is 2.25. The van der Waals surface area contributed by atoms with Crippen LogP contribution in [0.25, 0.3) is 33.7 Å². The number of halogens is 3. The van der Waals surface area contributed by atoms with Crippen LogP contribution in [0, 0.1) is 5.82 Å². The first kappa shape index (κ1) is 17.6. The van der Waals surface area contributed by atoms with E-state index in [0.717, 1.165) is 0 Å². The van der Waals surface area contributed by atoms with Gasteiger partial charge in [-0.1, -0.05) is 64.8 Å². The molecule has 0 saturated carbocycles. The van der Waals surface area contributed by atoms with Crippen molar-refractivity contribution < 1.29 is 14.0 Å². The third kappa shape index (κ3) is 3.18. The Morgan fingerprint density at radius 1 is 0.815 bits per heavy atom. The molecule has 0 bridgehead atoms. The largest absolute Gasteiger partial charge is 0.508 e. The maximum atomic E-state index is 14.6. The van der Waals surface area contributed by atoms with Gasteiger partial charge in [0.25, 0.3) is 0 Å². The summed E-state index contributed by atoms with van der Waals surface area (Å²) in [6, 6.07) is 17.9. The Morgan fingerprint density at radius 3 is 2.22 bits per heavy atom. The van der Waals surface area contributed by atoms with Crippen LogP contribution in [0.2, 0.25) is 10.0 Å². The van der Waals surface area contributed by atoms with E-state index >= 15 is 0 Å². The quantitative estimate of drug-likeness (QED) is 0.410. The van der Waals surface area contributed by atoms with Gasteiger partial charge in [-0.25, -0.2) is 4.39 Å². The van der Waals surface area contributed by atoms with Gasteiger partial charge in [0.15, 0.2) is 5.76 Å². The lowest BCUT2D eigenvalue weighted by molar-refractivity contribution is 0.435. The summed E-state index contributed by atoms with van der Waals surface area (Å²) in [5, 5.41) is 14.5. The molecule has 1 aromatic heterocycles. The van der Waals surface area contributed by atoms with E-state index in [2.05, 4.69) is 5.16 Å². The zero-order valence-corrected chi connectivity index (χ0v) is 15.3. The molecule has 27 heavy (non-hydrogen) atoms. The van der Waals surface area contributed by atoms with E-state index in [9.17, 15) is 9.50 Å². The number of rotatable bonds is 3. The second kappa shape index (κ2) is 7.06. The molecule has 0 aliphatic heterocycles. The highest BCUT2D eigenvalue weighted by molar-refractivity contribution is 6.34. The van der Waals surface area contributed by atoms with Gasteiger partial charge in [0, 0.05) is 16.7 Å². The molecule has 0 spiro atoms. The van der Waals surface area contributed by atoms with E-state index in [4.69, 9.17) is 27.7 Å². The van der Waals surface area contributed by atoms with Crippen molar-refractivity contribution in [3.63, 3.8) is 0 Å². The number of aromatic nitrogens is 1. The normalized spacial score (nSPS) is 10.9. The van der Waals surface area contributed by atoms with Crippen LogP contribution in [-0.2, 0) is 0 Å². The number of benzene rings is 3. The first-order chi connectivity index (χ1) is 13.1. The van der Waals surface area contributed by atoms with E-state index in [1.54, 1.807) is 42.5 Å². The second-order valence-electron chi connectivity index (χ2n) is 5.86. The maximum Gasteiger partial charge on any atom is 0.176 e. The predicted octanol–water partition coefficient (Wildman–Crippen LogP) is 6.83. The predicted molar refractivity (Wildman–Crippen MR) is 104 cm³/mol. The standard InChI is InChI=1S/C21H12Cl2FNO2/c22-16-7-3-1-5-13(16)20-19(15-6-2-4-8-18(15)24)21(27-25-20)14-10-9-12(26)11-17(14)23/h1-11,26H. The molecule has 3 aromatic carbocycles. The topological polar surface area (TPSA) is 46.3 Å². The molecule has 1 N–H and O–H groups in total. The number of hydrogen-bond acceptors (Lipinski definition) is 3. The van der Waals surface area contributed by atoms with Gasteiger partial charge in [-0.15, -0.1) is 0 Å². The fourth-order valence-electron chi connectivity index (χ4n) is 2.91. The van der Waals surface area contributed by atoms with Crippen molar-refractivity contribution in [2.45, 2.75) is 0 Å². The van der Waals surface area contributed by atoms with Crippen molar-refractivity contribution in [2.24, 2.45) is 0 Å². The van der Waals surface area contributed by atoms with Crippen molar-refractivity contribution in [3.05, 3.63) is 82.6 Å². The van der Waals surface area contributed by atoms with Crippen LogP contribution in [-0.4, -0.2) is 10.3 Å². The molecule has 0 aliphatic carbocycles. The summed E-state index contributed by atoms with van der Waals surface area (Å²) < 4.78 is 20.2. The van der Waals surface area contributed by atoms with Gasteiger partial charge in [0.05, 0.1) is 15.6 Å². The molecule has 3 nitrogen and oxygen atoms in total. The summed E-state index contributed by atoms with van der Waals surface area (Å²) in [4.78, 5) is 0. The molecule has 0 unspecified atom stereocenters. The lowest BCUT2D eigenvalue weighted by Crippen LogP contribution is -1.89. The van der Waals surface area contributed by atoms with Gasteiger partial charge in [0.2, 0.25) is 0 Å². The minimum absolute atomic E-state index is 0.0158. The second-order valence-corrected chi connectivity index (χ2v) is 6.67. The van der Waals surface area contributed by atoms with Gasteiger partial charge >= 0.3 is 0 Å². The molecule has 6 heteroatoms. The highest BCUT2D eigenvalue weighted by atomic mass is 35.5. The Labute approximate surface area is 164 Å². The molecular weight excluding hydrogens is 388 g/mol. The van der Waals surface area contributed by atoms with Crippen molar-refractivity contribution in [1.29, 1.82) is 0 Å². The van der Waals surface area contributed by atoms with Crippen LogP contribution in [0.4, 0.5) is 4.39 Å². The summed E-state index contributed by atoms with van der Waals surface area (Å²) in [5.41, 5.74) is 2.26. The van der Waals surface area contributed by atoms with E-state index in [-0.39, 0.29) is 10.8 Å². The monoisotopic (exact) mass is 399 g/mol. The average Bonchev–Trinajstić information content (AvgIpc) is 3.07. The van der Waals surface area contributed by atoms with Gasteiger partial charge in [0.1, 0.15) is 17.3 Å². The van der Waals surface area contributed by atoms with Gasteiger partial charge < -0.3 is 9.63 Å². The molecule has 0 atom stereocenters. The SMILES string of the molecule is Oc1ccc(-c2onc(-c3ccccc3Cl)c2-c2ccccc2F)c(Cl)c1. The van der Waals surface area contributed by atoms with Crippen molar-refractivity contribution in [2.75, 3.05) is 0 Å². The Hall–Kier alpha value is -2.82. The van der Waals surface area contributed by atoms with Crippen LogP contribution in [0.3, 0.4) is 0 Å². The van der Waals surface area contributed by atoms with E-state index in [0.29, 0.717) is 38.7 Å². The van der Waals surface area contributed by atoms with E-state index < -0.39 is 5.82 Å². The van der Waals surface area contributed by atoms with Gasteiger partial charge in [-0.2, -0.15) is 0 Å². The molecule has 1 heterocycles. The van der Waals surface area contributed by atoms with Gasteiger partial charge in [-0.05, 0) is 30.3 Å². The van der Waals surface area contributed by atoms with Crippen molar-refractivity contribution in [1.82, 2.24) is 5.16 Å². The fraction of sp³-hybridized carbons (Fsp3) is 0. The number of hydrogen-bond donors (Lipinski definition) is 1. The number of nitrogens with zero attached hydrogens (tertiary/aromatic N) is 1. The molecule has 0 amide bonds. The number of phenols is 1. The molecular formula is C21H12Cl2FNO2. The molecule has 134 valence electrons. The summed E-state index contributed by atoms with van der Waals surface area (Å²) in [7, 11) is 0. The highest BCUT2D eigenvalue weighted by Crippen LogP contribution is 2.44. The first-order valence-corrected chi connectivity index (χ1v) is 8.80. The number of aromatic hydroxyl groups is 1. The average molecular weight is 400 g/mol. The Balaban J connectivity index is 2.04. The maximum absolute atomic E-state index is 14.6. The van der Waals surface area contributed by atoms with Crippen LogP contribution in [0.15, 0.2) is 71.3 Å². The zero-order valence-electron chi connectivity index (χ0n) is 13.8. The Kier molecular flexibility index (Phi) is 4.60. The van der Waals surface area contributed by atoms with Gasteiger partial charge in [-0.3, -0.25) is 0 Å². The van der Waals surface area contributed by atoms with Crippen molar-refractivity contribution in [3.8, 4) is 39.5 Å². The smallest absolute Gasteiger partial charge is 0.176 e. The fourth-order valence-corrected chi connectivity index (χ4v) is 3.40. The Bertz CT molecular complexity index is 1140. The van der Waals surface area contributed by atoms with Crippen LogP contribution < -0.4 is 0 Å². The third-order valence-corrected chi connectivity index (χ3v) is 4.80. The minimum atomic E-state index is -0.426. The van der Waals surface area contributed by atoms with Crippen LogP contribution in [0.5, 0.6) is 5.75 Å². The molecule has 4 rings (SSSR count).